The van der Waals surface area contributed by atoms with Gasteiger partial charge in [-0.3, -0.25) is 5.43 Å². The molecule has 0 saturated carbocycles. The summed E-state index contributed by atoms with van der Waals surface area (Å²) < 4.78 is 0. The van der Waals surface area contributed by atoms with E-state index >= 15 is 0 Å². The molecule has 0 aliphatic heterocycles. The average Bonchev–Trinajstić information content (AvgIpc) is 3.04. The molecule has 5 nitrogen and oxygen atoms in total. The molecular formula is C19H17N3O2S. The molecule has 0 bridgehead atoms. The van der Waals surface area contributed by atoms with Gasteiger partial charge in [0.1, 0.15) is 0 Å². The van der Waals surface area contributed by atoms with Gasteiger partial charge in [0.25, 0.3) is 0 Å². The number of carboxylic acid groups (broad SMARTS) is 1. The highest BCUT2D eigenvalue weighted by Crippen LogP contribution is 2.27. The lowest BCUT2D eigenvalue weighted by molar-refractivity contribution is 0.0697. The smallest absolute Gasteiger partial charge is 0.335 e. The molecule has 1 heterocycles. The number of carboxylic acids is 1. The SMILES string of the molecule is Cc1ccc(-c2csc(N/N=C\c3ccc(C(=O)O)cc3)n2)c(C)c1. The first-order valence-electron chi connectivity index (χ1n) is 7.68. The van der Waals surface area contributed by atoms with Gasteiger partial charge < -0.3 is 5.11 Å². The summed E-state index contributed by atoms with van der Waals surface area (Å²) in [5.41, 5.74) is 8.43. The number of aromatic nitrogens is 1. The van der Waals surface area contributed by atoms with E-state index in [1.165, 1.54) is 22.5 Å². The van der Waals surface area contributed by atoms with Gasteiger partial charge in [-0.15, -0.1) is 11.3 Å². The van der Waals surface area contributed by atoms with Gasteiger partial charge in [0.15, 0.2) is 0 Å². The molecule has 0 fully saturated rings. The summed E-state index contributed by atoms with van der Waals surface area (Å²) in [6.45, 7) is 4.15. The van der Waals surface area contributed by atoms with Gasteiger partial charge in [-0.05, 0) is 37.1 Å². The van der Waals surface area contributed by atoms with Crippen molar-refractivity contribution in [3.8, 4) is 11.3 Å². The highest BCUT2D eigenvalue weighted by atomic mass is 32.1. The summed E-state index contributed by atoms with van der Waals surface area (Å²) >= 11 is 1.49. The van der Waals surface area contributed by atoms with Crippen LogP contribution < -0.4 is 5.43 Å². The number of hydrogen-bond donors (Lipinski definition) is 2. The predicted molar refractivity (Wildman–Crippen MR) is 102 cm³/mol. The topological polar surface area (TPSA) is 74.6 Å². The van der Waals surface area contributed by atoms with Crippen molar-refractivity contribution in [3.05, 3.63) is 70.1 Å². The molecule has 0 aliphatic rings. The zero-order chi connectivity index (χ0) is 17.8. The Kier molecular flexibility index (Phi) is 4.90. The first-order valence-corrected chi connectivity index (χ1v) is 8.56. The number of hydrazone groups is 1. The lowest BCUT2D eigenvalue weighted by Crippen LogP contribution is -1.96. The van der Waals surface area contributed by atoms with E-state index in [1.54, 1.807) is 30.5 Å². The Morgan fingerprint density at radius 3 is 2.64 bits per heavy atom. The first kappa shape index (κ1) is 16.9. The second kappa shape index (κ2) is 7.27. The second-order valence-electron chi connectivity index (χ2n) is 5.65. The highest BCUT2D eigenvalue weighted by molar-refractivity contribution is 7.14. The normalized spacial score (nSPS) is 11.0. The molecule has 0 spiro atoms. The zero-order valence-corrected chi connectivity index (χ0v) is 14.7. The molecule has 3 rings (SSSR count). The molecule has 3 aromatic rings. The molecule has 1 aromatic heterocycles. The van der Waals surface area contributed by atoms with Crippen molar-refractivity contribution >= 4 is 28.7 Å². The van der Waals surface area contributed by atoms with E-state index < -0.39 is 5.97 Å². The number of hydrogen-bond acceptors (Lipinski definition) is 5. The number of benzene rings is 2. The van der Waals surface area contributed by atoms with Gasteiger partial charge in [0, 0.05) is 10.9 Å². The molecule has 25 heavy (non-hydrogen) atoms. The molecule has 0 atom stereocenters. The number of nitrogens with one attached hydrogen (secondary N) is 1. The molecule has 0 radical (unpaired) electrons. The minimum atomic E-state index is -0.941. The number of aryl methyl sites for hydroxylation is 2. The van der Waals surface area contributed by atoms with Crippen LogP contribution in [0.25, 0.3) is 11.3 Å². The largest absolute Gasteiger partial charge is 0.478 e. The summed E-state index contributed by atoms with van der Waals surface area (Å²) in [6.07, 6.45) is 1.63. The predicted octanol–water partition coefficient (Wildman–Crippen LogP) is 4.57. The van der Waals surface area contributed by atoms with Crippen molar-refractivity contribution in [3.63, 3.8) is 0 Å². The van der Waals surface area contributed by atoms with Crippen molar-refractivity contribution in [1.82, 2.24) is 4.98 Å². The van der Waals surface area contributed by atoms with E-state index in [2.05, 4.69) is 47.6 Å². The first-order chi connectivity index (χ1) is 12.0. The number of aromatic carboxylic acids is 1. The number of nitrogens with zero attached hydrogens (tertiary/aromatic N) is 2. The Morgan fingerprint density at radius 2 is 1.96 bits per heavy atom. The van der Waals surface area contributed by atoms with Crippen molar-refractivity contribution in [1.29, 1.82) is 0 Å². The third kappa shape index (κ3) is 4.10. The molecular weight excluding hydrogens is 334 g/mol. The maximum Gasteiger partial charge on any atom is 0.335 e. The van der Waals surface area contributed by atoms with Crippen LogP contribution in [0, 0.1) is 13.8 Å². The lowest BCUT2D eigenvalue weighted by atomic mass is 10.0. The van der Waals surface area contributed by atoms with Crippen LogP contribution in [0.3, 0.4) is 0 Å². The van der Waals surface area contributed by atoms with Gasteiger partial charge in [-0.25, -0.2) is 9.78 Å². The van der Waals surface area contributed by atoms with E-state index in [0.717, 1.165) is 16.8 Å². The highest BCUT2D eigenvalue weighted by Gasteiger charge is 2.07. The fraction of sp³-hybridized carbons (Fsp3) is 0.105. The van der Waals surface area contributed by atoms with E-state index in [4.69, 9.17) is 5.11 Å². The van der Waals surface area contributed by atoms with E-state index in [1.807, 2.05) is 5.38 Å². The molecule has 2 N–H and O–H groups in total. The van der Waals surface area contributed by atoms with E-state index in [9.17, 15) is 4.79 Å². The lowest BCUT2D eigenvalue weighted by Gasteiger charge is -2.03. The Bertz CT molecular complexity index is 930. The summed E-state index contributed by atoms with van der Waals surface area (Å²) in [5, 5.41) is 15.7. The summed E-state index contributed by atoms with van der Waals surface area (Å²) in [4.78, 5) is 15.4. The summed E-state index contributed by atoms with van der Waals surface area (Å²) in [6, 6.07) is 12.8. The Hall–Kier alpha value is -2.99. The van der Waals surface area contributed by atoms with Crippen LogP contribution >= 0.6 is 11.3 Å². The van der Waals surface area contributed by atoms with Gasteiger partial charge in [0.2, 0.25) is 5.13 Å². The molecule has 6 heteroatoms. The molecule has 2 aromatic carbocycles. The standard InChI is InChI=1S/C19H17N3O2S/c1-12-3-8-16(13(2)9-12)17-11-25-19(21-17)22-20-10-14-4-6-15(7-5-14)18(23)24/h3-11H,1-2H3,(H,21,22)(H,23,24)/b20-10-. The number of thiazole rings is 1. The van der Waals surface area contributed by atoms with Crippen molar-refractivity contribution in [2.75, 3.05) is 5.43 Å². The van der Waals surface area contributed by atoms with Gasteiger partial charge in [-0.2, -0.15) is 5.10 Å². The third-order valence-electron chi connectivity index (χ3n) is 3.69. The number of rotatable bonds is 5. The molecule has 0 aliphatic carbocycles. The van der Waals surface area contributed by atoms with Crippen LogP contribution in [0.4, 0.5) is 5.13 Å². The quantitative estimate of drug-likeness (QED) is 0.521. The van der Waals surface area contributed by atoms with Crippen LogP contribution in [0.5, 0.6) is 0 Å². The molecule has 0 saturated heterocycles. The van der Waals surface area contributed by atoms with E-state index in [0.29, 0.717) is 5.13 Å². The number of anilines is 1. The van der Waals surface area contributed by atoms with E-state index in [-0.39, 0.29) is 5.56 Å². The monoisotopic (exact) mass is 351 g/mol. The fourth-order valence-corrected chi connectivity index (χ4v) is 3.08. The molecule has 126 valence electrons. The van der Waals surface area contributed by atoms with Crippen LogP contribution in [0.15, 0.2) is 52.9 Å². The average molecular weight is 351 g/mol. The van der Waals surface area contributed by atoms with Crippen LogP contribution in [0.2, 0.25) is 0 Å². The van der Waals surface area contributed by atoms with Gasteiger partial charge in [0.05, 0.1) is 17.5 Å². The van der Waals surface area contributed by atoms with Crippen LogP contribution in [0.1, 0.15) is 27.0 Å². The minimum absolute atomic E-state index is 0.253. The maximum absolute atomic E-state index is 10.8. The summed E-state index contributed by atoms with van der Waals surface area (Å²) in [5.74, 6) is -0.941. The summed E-state index contributed by atoms with van der Waals surface area (Å²) in [7, 11) is 0. The fourth-order valence-electron chi connectivity index (χ4n) is 2.42. The Balaban J connectivity index is 1.68. The van der Waals surface area contributed by atoms with Gasteiger partial charge in [-0.1, -0.05) is 35.9 Å². The van der Waals surface area contributed by atoms with Crippen molar-refractivity contribution in [2.45, 2.75) is 13.8 Å². The van der Waals surface area contributed by atoms with Crippen LogP contribution in [-0.4, -0.2) is 22.3 Å². The number of carbonyl (C=O) groups is 1. The van der Waals surface area contributed by atoms with Crippen LogP contribution in [-0.2, 0) is 0 Å². The van der Waals surface area contributed by atoms with Crippen molar-refractivity contribution in [2.24, 2.45) is 5.10 Å². The zero-order valence-electron chi connectivity index (χ0n) is 13.9. The molecule has 0 unspecified atom stereocenters. The Morgan fingerprint density at radius 1 is 1.20 bits per heavy atom. The van der Waals surface area contributed by atoms with Gasteiger partial charge >= 0.3 is 5.97 Å². The molecule has 0 amide bonds. The Labute approximate surface area is 149 Å². The third-order valence-corrected chi connectivity index (χ3v) is 4.44. The maximum atomic E-state index is 10.8. The van der Waals surface area contributed by atoms with Crippen molar-refractivity contribution < 1.29 is 9.90 Å². The second-order valence-corrected chi connectivity index (χ2v) is 6.51. The minimum Gasteiger partial charge on any atom is -0.478 e.